The molecule has 0 unspecified atom stereocenters. The highest BCUT2D eigenvalue weighted by molar-refractivity contribution is 6.42. The van der Waals surface area contributed by atoms with Crippen molar-refractivity contribution in [2.24, 2.45) is 5.16 Å². The topological polar surface area (TPSA) is 77.3 Å². The van der Waals surface area contributed by atoms with Crippen molar-refractivity contribution in [1.29, 1.82) is 0 Å². The summed E-state index contributed by atoms with van der Waals surface area (Å²) in [6.45, 7) is 2.87. The Hall–Kier alpha value is -2.44. The van der Waals surface area contributed by atoms with Crippen molar-refractivity contribution < 1.29 is 24.2 Å². The number of hydrogen-bond acceptors (Lipinski definition) is 5. The molecule has 0 heterocycles. The number of ether oxygens (including phenoxy) is 2. The van der Waals surface area contributed by atoms with Crippen molar-refractivity contribution in [1.82, 2.24) is 0 Å². The third kappa shape index (κ3) is 9.07. The predicted octanol–water partition coefficient (Wildman–Crippen LogP) is 7.53. The summed E-state index contributed by atoms with van der Waals surface area (Å²) in [6, 6.07) is 10.2. The molecular formula is C26H33Cl2NO5. The second kappa shape index (κ2) is 15.5. The van der Waals surface area contributed by atoms with Gasteiger partial charge < -0.3 is 19.4 Å². The lowest BCUT2D eigenvalue weighted by Crippen LogP contribution is -2.17. The maximum Gasteiger partial charge on any atom is 0.358 e. The fourth-order valence-corrected chi connectivity index (χ4v) is 4.08. The van der Waals surface area contributed by atoms with E-state index in [-0.39, 0.29) is 12.3 Å². The second-order valence-corrected chi connectivity index (χ2v) is 8.73. The molecule has 186 valence electrons. The molecule has 0 spiro atoms. The van der Waals surface area contributed by atoms with Gasteiger partial charge in [-0.15, -0.1) is 0 Å². The summed E-state index contributed by atoms with van der Waals surface area (Å²) in [5, 5.41) is 13.8. The van der Waals surface area contributed by atoms with E-state index in [0.29, 0.717) is 39.3 Å². The van der Waals surface area contributed by atoms with Crippen LogP contribution in [0.3, 0.4) is 0 Å². The van der Waals surface area contributed by atoms with E-state index in [9.17, 15) is 9.90 Å². The van der Waals surface area contributed by atoms with E-state index in [4.69, 9.17) is 32.7 Å². The minimum absolute atomic E-state index is 0.0945. The fourth-order valence-electron chi connectivity index (χ4n) is 3.50. The summed E-state index contributed by atoms with van der Waals surface area (Å²) in [7, 11) is 1.30. The number of aliphatic carboxylic acids is 1. The van der Waals surface area contributed by atoms with Gasteiger partial charge >= 0.3 is 5.97 Å². The van der Waals surface area contributed by atoms with Crippen molar-refractivity contribution in [3.63, 3.8) is 0 Å². The largest absolute Gasteiger partial charge is 0.490 e. The van der Waals surface area contributed by atoms with Gasteiger partial charge in [0.05, 0.1) is 16.7 Å². The first kappa shape index (κ1) is 27.8. The number of hydrogen-bond donors (Lipinski definition) is 1. The van der Waals surface area contributed by atoms with Crippen LogP contribution in [0.4, 0.5) is 0 Å². The number of unbranched alkanes of at least 4 members (excludes halogenated alkanes) is 7. The van der Waals surface area contributed by atoms with E-state index < -0.39 is 5.97 Å². The van der Waals surface area contributed by atoms with E-state index >= 15 is 0 Å². The zero-order valence-electron chi connectivity index (χ0n) is 19.8. The Bertz CT molecular complexity index is 926. The molecule has 0 fully saturated rings. The number of benzene rings is 2. The number of carboxylic acids is 1. The summed E-state index contributed by atoms with van der Waals surface area (Å²) in [5.74, 6) is -0.303. The number of carbonyl (C=O) groups is 1. The highest BCUT2D eigenvalue weighted by Crippen LogP contribution is 2.37. The van der Waals surface area contributed by atoms with Crippen LogP contribution in [0.5, 0.6) is 11.5 Å². The van der Waals surface area contributed by atoms with Crippen LogP contribution in [0, 0.1) is 0 Å². The monoisotopic (exact) mass is 509 g/mol. The highest BCUT2D eigenvalue weighted by atomic mass is 35.5. The lowest BCUT2D eigenvalue weighted by molar-refractivity contribution is -0.129. The van der Waals surface area contributed by atoms with Gasteiger partial charge in [0, 0.05) is 17.7 Å². The molecule has 1 N–H and O–H groups in total. The molecule has 0 aliphatic carbocycles. The number of oxime groups is 1. The van der Waals surface area contributed by atoms with Gasteiger partial charge in [-0.05, 0) is 12.0 Å². The van der Waals surface area contributed by atoms with Crippen LogP contribution in [0.15, 0.2) is 41.6 Å². The zero-order valence-corrected chi connectivity index (χ0v) is 21.3. The summed E-state index contributed by atoms with van der Waals surface area (Å²) in [6.07, 6.45) is 9.74. The Kier molecular flexibility index (Phi) is 12.6. The van der Waals surface area contributed by atoms with Crippen molar-refractivity contribution in [2.45, 2.75) is 64.9 Å². The van der Waals surface area contributed by atoms with Crippen LogP contribution in [0.1, 0.15) is 69.4 Å². The molecule has 0 saturated heterocycles. The molecule has 2 aromatic rings. The Balaban J connectivity index is 1.91. The Morgan fingerprint density at radius 1 is 0.941 bits per heavy atom. The van der Waals surface area contributed by atoms with Gasteiger partial charge in [-0.1, -0.05) is 104 Å². The first-order valence-electron chi connectivity index (χ1n) is 11.6. The van der Waals surface area contributed by atoms with E-state index in [1.165, 1.54) is 45.6 Å². The third-order valence-corrected chi connectivity index (χ3v) is 5.83. The molecule has 0 bridgehead atoms. The number of rotatable bonds is 16. The number of nitrogens with zero attached hydrogens (tertiary/aromatic N) is 1. The maximum atomic E-state index is 11.5. The Morgan fingerprint density at radius 2 is 1.56 bits per heavy atom. The molecule has 6 nitrogen and oxygen atoms in total. The molecule has 8 heteroatoms. The van der Waals surface area contributed by atoms with Crippen LogP contribution in [-0.2, 0) is 16.2 Å². The first-order valence-corrected chi connectivity index (χ1v) is 12.4. The molecule has 0 amide bonds. The normalized spacial score (nSPS) is 11.4. The Labute approximate surface area is 211 Å². The molecule has 0 radical (unpaired) electrons. The average molecular weight is 510 g/mol. The molecule has 0 aliphatic rings. The summed E-state index contributed by atoms with van der Waals surface area (Å²) < 4.78 is 11.7. The lowest BCUT2D eigenvalue weighted by atomic mass is 10.0. The fraction of sp³-hybridized carbons (Fsp3) is 0.462. The number of carboxylic acid groups (broad SMARTS) is 1. The maximum absolute atomic E-state index is 11.5. The molecule has 0 aromatic heterocycles. The van der Waals surface area contributed by atoms with Gasteiger partial charge in [0.25, 0.3) is 0 Å². The van der Waals surface area contributed by atoms with Gasteiger partial charge in [0.15, 0.2) is 11.5 Å². The molecule has 0 atom stereocenters. The molecule has 0 aliphatic heterocycles. The van der Waals surface area contributed by atoms with Crippen molar-refractivity contribution in [3.8, 4) is 11.5 Å². The van der Waals surface area contributed by atoms with Crippen LogP contribution in [-0.4, -0.2) is 30.5 Å². The van der Waals surface area contributed by atoms with Gasteiger partial charge in [-0.3, -0.25) is 0 Å². The first-order chi connectivity index (χ1) is 16.5. The molecule has 2 rings (SSSR count). The van der Waals surface area contributed by atoms with E-state index in [1.807, 2.05) is 0 Å². The molecule has 2 aromatic carbocycles. The van der Waals surface area contributed by atoms with Gasteiger partial charge in [-0.2, -0.15) is 0 Å². The smallest absolute Gasteiger partial charge is 0.358 e. The Morgan fingerprint density at radius 3 is 2.18 bits per heavy atom. The van der Waals surface area contributed by atoms with Crippen LogP contribution in [0.2, 0.25) is 10.0 Å². The van der Waals surface area contributed by atoms with Crippen LogP contribution in [0.25, 0.3) is 0 Å². The third-order valence-electron chi connectivity index (χ3n) is 5.27. The molecule has 34 heavy (non-hydrogen) atoms. The predicted molar refractivity (Wildman–Crippen MR) is 137 cm³/mol. The minimum Gasteiger partial charge on any atom is -0.490 e. The van der Waals surface area contributed by atoms with Gasteiger partial charge in [-0.25, -0.2) is 4.79 Å². The van der Waals surface area contributed by atoms with E-state index in [0.717, 1.165) is 12.8 Å². The summed E-state index contributed by atoms with van der Waals surface area (Å²) in [4.78, 5) is 16.2. The van der Waals surface area contributed by atoms with Gasteiger partial charge in [0.2, 0.25) is 0 Å². The standard InChI is InChI=1S/C26H33Cl2NO5/c1-3-4-5-6-7-8-9-12-15-33-25-22(27)16-20(17-23(25)28)34-18-19-13-10-11-14-21(19)24(26(30)31)29-32-2/h10-11,13-14,16-17H,3-9,12,15,18H2,1-2H3,(H,30,31)/b29-24+. The summed E-state index contributed by atoms with van der Waals surface area (Å²) >= 11 is 12.8. The van der Waals surface area contributed by atoms with Crippen molar-refractivity contribution in [2.75, 3.05) is 13.7 Å². The lowest BCUT2D eigenvalue weighted by Gasteiger charge is -2.14. The van der Waals surface area contributed by atoms with Crippen molar-refractivity contribution >= 4 is 34.9 Å². The zero-order chi connectivity index (χ0) is 24.8. The quantitative estimate of drug-likeness (QED) is 0.144. The van der Waals surface area contributed by atoms with Gasteiger partial charge in [0.1, 0.15) is 19.5 Å². The molecule has 0 saturated carbocycles. The van der Waals surface area contributed by atoms with Crippen LogP contribution < -0.4 is 9.47 Å². The molecular weight excluding hydrogens is 477 g/mol. The average Bonchev–Trinajstić information content (AvgIpc) is 2.81. The SMILES string of the molecule is CCCCCCCCCCOc1c(Cl)cc(OCc2ccccc2/C(=N\OC)C(=O)O)cc1Cl. The van der Waals surface area contributed by atoms with E-state index in [1.54, 1.807) is 36.4 Å². The van der Waals surface area contributed by atoms with E-state index in [2.05, 4.69) is 16.9 Å². The van der Waals surface area contributed by atoms with Crippen molar-refractivity contribution in [3.05, 3.63) is 57.6 Å². The summed E-state index contributed by atoms with van der Waals surface area (Å²) in [5.41, 5.74) is 0.824. The van der Waals surface area contributed by atoms with Crippen LogP contribution >= 0.6 is 23.2 Å². The second-order valence-electron chi connectivity index (χ2n) is 7.91. The number of halogens is 2. The minimum atomic E-state index is -1.20. The highest BCUT2D eigenvalue weighted by Gasteiger charge is 2.18.